The summed E-state index contributed by atoms with van der Waals surface area (Å²) in [5, 5.41) is 9.65. The van der Waals surface area contributed by atoms with Gasteiger partial charge in [0.05, 0.1) is 0 Å². The Morgan fingerprint density at radius 2 is 2.50 bits per heavy atom. The first kappa shape index (κ1) is 7.80. The van der Waals surface area contributed by atoms with E-state index in [2.05, 4.69) is 9.97 Å². The Hall–Kier alpha value is -0.830. The summed E-state index contributed by atoms with van der Waals surface area (Å²) in [5.74, 6) is 1.44. The maximum atomic E-state index is 9.65. The van der Waals surface area contributed by atoms with Gasteiger partial charge in [-0.3, -0.25) is 0 Å². The quantitative estimate of drug-likeness (QED) is 0.717. The lowest BCUT2D eigenvalue weighted by molar-refractivity contribution is 0.112. The van der Waals surface area contributed by atoms with Crippen LogP contribution in [0.4, 0.5) is 0 Å². The third-order valence-electron chi connectivity index (χ3n) is 2.62. The molecule has 1 aliphatic carbocycles. The fourth-order valence-corrected chi connectivity index (χ4v) is 1.62. The monoisotopic (exact) mass is 166 g/mol. The van der Waals surface area contributed by atoms with Gasteiger partial charge >= 0.3 is 0 Å². The van der Waals surface area contributed by atoms with Crippen molar-refractivity contribution in [1.29, 1.82) is 0 Å². The number of hydrogen-bond acceptors (Lipinski definition) is 2. The molecule has 2 rings (SSSR count). The van der Waals surface area contributed by atoms with Crippen molar-refractivity contribution in [3.8, 4) is 0 Å². The summed E-state index contributed by atoms with van der Waals surface area (Å²) in [6.07, 6.45) is 7.79. The van der Waals surface area contributed by atoms with Crippen LogP contribution >= 0.6 is 0 Å². The van der Waals surface area contributed by atoms with Crippen LogP contribution in [-0.2, 0) is 0 Å². The molecule has 1 aromatic rings. The highest BCUT2D eigenvalue weighted by Gasteiger charge is 2.22. The smallest absolute Gasteiger partial charge is 0.135 e. The molecule has 1 heterocycles. The van der Waals surface area contributed by atoms with E-state index < -0.39 is 0 Å². The fraction of sp³-hybridized carbons (Fsp3) is 0.667. The number of nitrogens with zero attached hydrogens (tertiary/aromatic N) is 1. The first-order valence-corrected chi connectivity index (χ1v) is 4.53. The third kappa shape index (κ3) is 1.50. The van der Waals surface area contributed by atoms with Crippen molar-refractivity contribution >= 4 is 0 Å². The second-order valence-corrected chi connectivity index (χ2v) is 3.52. The summed E-state index contributed by atoms with van der Waals surface area (Å²) in [5.41, 5.74) is 0. The Kier molecular flexibility index (Phi) is 2.13. The molecule has 0 radical (unpaired) electrons. The molecular formula is C9H14N2O. The van der Waals surface area contributed by atoms with Crippen LogP contribution in [0.15, 0.2) is 12.4 Å². The second-order valence-electron chi connectivity index (χ2n) is 3.52. The highest BCUT2D eigenvalue weighted by Crippen LogP contribution is 2.33. The van der Waals surface area contributed by atoms with E-state index >= 15 is 0 Å². The molecule has 0 saturated heterocycles. The lowest BCUT2D eigenvalue weighted by Gasteiger charge is -2.26. The van der Waals surface area contributed by atoms with E-state index in [0.717, 1.165) is 12.3 Å². The first-order chi connectivity index (χ1) is 5.86. The number of imidazole rings is 1. The van der Waals surface area contributed by atoms with Crippen LogP contribution in [0.1, 0.15) is 37.6 Å². The molecule has 1 saturated carbocycles. The molecular weight excluding hydrogens is 152 g/mol. The molecule has 12 heavy (non-hydrogen) atoms. The number of aliphatic hydroxyl groups excluding tert-OH is 1. The van der Waals surface area contributed by atoms with Gasteiger partial charge in [-0.05, 0) is 12.3 Å². The lowest BCUT2D eigenvalue weighted by Crippen LogP contribution is -2.15. The van der Waals surface area contributed by atoms with Crippen molar-refractivity contribution in [2.75, 3.05) is 0 Å². The zero-order valence-electron chi connectivity index (χ0n) is 7.03. The zero-order chi connectivity index (χ0) is 8.39. The van der Waals surface area contributed by atoms with Gasteiger partial charge in [0.25, 0.3) is 0 Å². The Morgan fingerprint density at radius 3 is 3.00 bits per heavy atom. The largest absolute Gasteiger partial charge is 0.385 e. The average Bonchev–Trinajstić information content (AvgIpc) is 2.47. The van der Waals surface area contributed by atoms with Crippen LogP contribution in [0.3, 0.4) is 0 Å². The van der Waals surface area contributed by atoms with Gasteiger partial charge in [-0.2, -0.15) is 0 Å². The highest BCUT2D eigenvalue weighted by atomic mass is 16.3. The topological polar surface area (TPSA) is 48.9 Å². The van der Waals surface area contributed by atoms with E-state index in [9.17, 15) is 5.11 Å². The molecule has 2 N–H and O–H groups in total. The van der Waals surface area contributed by atoms with Gasteiger partial charge in [0.15, 0.2) is 0 Å². The van der Waals surface area contributed by atoms with Crippen LogP contribution in [0.2, 0.25) is 0 Å². The molecule has 3 nitrogen and oxygen atoms in total. The number of aromatic amines is 1. The van der Waals surface area contributed by atoms with Crippen LogP contribution in [0.5, 0.6) is 0 Å². The summed E-state index contributed by atoms with van der Waals surface area (Å²) in [6.45, 7) is 0. The van der Waals surface area contributed by atoms with E-state index in [1.165, 1.54) is 19.3 Å². The van der Waals surface area contributed by atoms with Gasteiger partial charge in [-0.25, -0.2) is 4.98 Å². The summed E-state index contributed by atoms with van der Waals surface area (Å²) in [7, 11) is 0. The van der Waals surface area contributed by atoms with Gasteiger partial charge in [0.1, 0.15) is 11.9 Å². The van der Waals surface area contributed by atoms with Crippen LogP contribution in [0, 0.1) is 5.92 Å². The molecule has 1 aliphatic rings. The first-order valence-electron chi connectivity index (χ1n) is 4.53. The normalized spacial score (nSPS) is 20.4. The maximum absolute atomic E-state index is 9.65. The molecule has 1 atom stereocenters. The van der Waals surface area contributed by atoms with E-state index in [-0.39, 0.29) is 6.10 Å². The molecule has 1 fully saturated rings. The average molecular weight is 166 g/mol. The molecule has 1 unspecified atom stereocenters. The van der Waals surface area contributed by atoms with E-state index in [0.29, 0.717) is 5.82 Å². The summed E-state index contributed by atoms with van der Waals surface area (Å²) < 4.78 is 0. The number of aromatic nitrogens is 2. The molecule has 0 amide bonds. The van der Waals surface area contributed by atoms with E-state index in [1.807, 2.05) is 0 Å². The lowest BCUT2D eigenvalue weighted by atomic mass is 9.81. The molecule has 0 spiro atoms. The Bertz CT molecular complexity index is 229. The summed E-state index contributed by atoms with van der Waals surface area (Å²) >= 11 is 0. The highest BCUT2D eigenvalue weighted by molar-refractivity contribution is 4.92. The van der Waals surface area contributed by atoms with Crippen molar-refractivity contribution in [3.63, 3.8) is 0 Å². The maximum Gasteiger partial charge on any atom is 0.135 e. The minimum absolute atomic E-state index is 0.384. The fourth-order valence-electron chi connectivity index (χ4n) is 1.62. The Morgan fingerprint density at radius 1 is 1.67 bits per heavy atom. The van der Waals surface area contributed by atoms with Crippen molar-refractivity contribution in [2.24, 2.45) is 5.92 Å². The SMILES string of the molecule is OC(CC1CCC1)c1ncc[nH]1. The predicted molar refractivity (Wildman–Crippen MR) is 45.5 cm³/mol. The number of hydrogen-bond donors (Lipinski definition) is 2. The molecule has 0 aromatic carbocycles. The van der Waals surface area contributed by atoms with Gasteiger partial charge in [-0.15, -0.1) is 0 Å². The zero-order valence-corrected chi connectivity index (χ0v) is 7.03. The second kappa shape index (κ2) is 3.27. The summed E-state index contributed by atoms with van der Waals surface area (Å²) in [4.78, 5) is 6.95. The van der Waals surface area contributed by atoms with Crippen molar-refractivity contribution in [3.05, 3.63) is 18.2 Å². The van der Waals surface area contributed by atoms with Crippen LogP contribution in [0.25, 0.3) is 0 Å². The van der Waals surface area contributed by atoms with Crippen LogP contribution < -0.4 is 0 Å². The van der Waals surface area contributed by atoms with Gasteiger partial charge in [-0.1, -0.05) is 19.3 Å². The molecule has 3 heteroatoms. The number of rotatable bonds is 3. The number of H-pyrrole nitrogens is 1. The molecule has 0 aliphatic heterocycles. The Balaban J connectivity index is 1.87. The third-order valence-corrected chi connectivity index (χ3v) is 2.62. The Labute approximate surface area is 71.8 Å². The van der Waals surface area contributed by atoms with Crippen molar-refractivity contribution < 1.29 is 5.11 Å². The predicted octanol–water partition coefficient (Wildman–Crippen LogP) is 1.63. The number of aliphatic hydroxyl groups is 1. The van der Waals surface area contributed by atoms with Gasteiger partial charge < -0.3 is 10.1 Å². The number of nitrogens with one attached hydrogen (secondary N) is 1. The van der Waals surface area contributed by atoms with Crippen molar-refractivity contribution in [1.82, 2.24) is 9.97 Å². The van der Waals surface area contributed by atoms with Gasteiger partial charge in [0, 0.05) is 12.4 Å². The van der Waals surface area contributed by atoms with Crippen LogP contribution in [-0.4, -0.2) is 15.1 Å². The van der Waals surface area contributed by atoms with Crippen molar-refractivity contribution in [2.45, 2.75) is 31.8 Å². The van der Waals surface area contributed by atoms with E-state index in [1.54, 1.807) is 12.4 Å². The standard InChI is InChI=1S/C9H14N2O/c12-8(6-7-2-1-3-7)9-10-4-5-11-9/h4-5,7-8,12H,1-3,6H2,(H,10,11). The minimum atomic E-state index is -0.384. The molecule has 1 aromatic heterocycles. The van der Waals surface area contributed by atoms with Gasteiger partial charge in [0.2, 0.25) is 0 Å². The molecule has 0 bridgehead atoms. The molecule has 66 valence electrons. The van der Waals surface area contributed by atoms with E-state index in [4.69, 9.17) is 0 Å². The minimum Gasteiger partial charge on any atom is -0.385 e. The summed E-state index contributed by atoms with van der Waals surface area (Å²) in [6, 6.07) is 0.